The van der Waals surface area contributed by atoms with Gasteiger partial charge in [-0.2, -0.15) is 0 Å². The molecular formula is C13H17NO4. The minimum atomic E-state index is -0.823. The Morgan fingerprint density at radius 1 is 1.44 bits per heavy atom. The normalized spacial score (nSPS) is 15.8. The van der Waals surface area contributed by atoms with Crippen LogP contribution in [-0.4, -0.2) is 35.9 Å². The van der Waals surface area contributed by atoms with Gasteiger partial charge >= 0.3 is 0 Å². The number of anilines is 1. The Bertz CT molecular complexity index is 459. The van der Waals surface area contributed by atoms with E-state index in [9.17, 15) is 9.90 Å². The lowest BCUT2D eigenvalue weighted by atomic mass is 9.97. The standard InChI is InChI=1S/C13H17NO4/c1-18-12-6-8-2-3-13(17)14-11(8)5-9(12)4-10(16)7-15/h5-6,10,15-16H,2-4,7H2,1H3,(H,14,17). The van der Waals surface area contributed by atoms with Crippen molar-refractivity contribution in [3.8, 4) is 5.75 Å². The summed E-state index contributed by atoms with van der Waals surface area (Å²) >= 11 is 0. The van der Waals surface area contributed by atoms with Gasteiger partial charge in [0, 0.05) is 18.5 Å². The van der Waals surface area contributed by atoms with Gasteiger partial charge < -0.3 is 20.3 Å². The number of fused-ring (bicyclic) bond motifs is 1. The second-order valence-electron chi connectivity index (χ2n) is 4.41. The number of hydrogen-bond donors (Lipinski definition) is 3. The molecule has 1 amide bonds. The van der Waals surface area contributed by atoms with Crippen molar-refractivity contribution in [1.29, 1.82) is 0 Å². The second-order valence-corrected chi connectivity index (χ2v) is 4.41. The third kappa shape index (κ3) is 2.63. The van der Waals surface area contributed by atoms with E-state index >= 15 is 0 Å². The van der Waals surface area contributed by atoms with Crippen LogP contribution >= 0.6 is 0 Å². The summed E-state index contributed by atoms with van der Waals surface area (Å²) in [5.74, 6) is 0.679. The minimum Gasteiger partial charge on any atom is -0.496 e. The van der Waals surface area contributed by atoms with E-state index in [1.54, 1.807) is 7.11 Å². The maximum absolute atomic E-state index is 11.3. The van der Waals surface area contributed by atoms with Gasteiger partial charge in [0.25, 0.3) is 0 Å². The summed E-state index contributed by atoms with van der Waals surface area (Å²) in [5, 5.41) is 21.2. The van der Waals surface area contributed by atoms with E-state index in [0.29, 0.717) is 25.0 Å². The van der Waals surface area contributed by atoms with Crippen molar-refractivity contribution >= 4 is 11.6 Å². The first-order chi connectivity index (χ1) is 8.63. The Labute approximate surface area is 105 Å². The van der Waals surface area contributed by atoms with Gasteiger partial charge in [0.15, 0.2) is 0 Å². The van der Waals surface area contributed by atoms with Gasteiger partial charge in [-0.3, -0.25) is 4.79 Å². The van der Waals surface area contributed by atoms with Gasteiger partial charge in [-0.05, 0) is 29.7 Å². The number of carbonyl (C=O) groups is 1. The van der Waals surface area contributed by atoms with Crippen LogP contribution in [0.2, 0.25) is 0 Å². The molecule has 0 aromatic heterocycles. The lowest BCUT2D eigenvalue weighted by Gasteiger charge is -2.20. The molecular weight excluding hydrogens is 234 g/mol. The Morgan fingerprint density at radius 2 is 2.22 bits per heavy atom. The van der Waals surface area contributed by atoms with Crippen LogP contribution in [0.1, 0.15) is 17.5 Å². The predicted molar refractivity (Wildman–Crippen MR) is 66.7 cm³/mol. The van der Waals surface area contributed by atoms with E-state index in [4.69, 9.17) is 9.84 Å². The molecule has 0 spiro atoms. The molecule has 1 aliphatic heterocycles. The van der Waals surface area contributed by atoms with E-state index in [2.05, 4.69) is 5.32 Å². The molecule has 3 N–H and O–H groups in total. The number of aryl methyl sites for hydroxylation is 1. The maximum Gasteiger partial charge on any atom is 0.224 e. The number of hydrogen-bond acceptors (Lipinski definition) is 4. The highest BCUT2D eigenvalue weighted by molar-refractivity contribution is 5.94. The molecule has 98 valence electrons. The van der Waals surface area contributed by atoms with Crippen LogP contribution < -0.4 is 10.1 Å². The van der Waals surface area contributed by atoms with Crippen molar-refractivity contribution in [2.45, 2.75) is 25.4 Å². The Hall–Kier alpha value is -1.59. The van der Waals surface area contributed by atoms with Gasteiger partial charge in [-0.1, -0.05) is 0 Å². The molecule has 0 aliphatic carbocycles. The smallest absolute Gasteiger partial charge is 0.224 e. The van der Waals surface area contributed by atoms with Crippen LogP contribution in [0.5, 0.6) is 5.75 Å². The summed E-state index contributed by atoms with van der Waals surface area (Å²) < 4.78 is 5.28. The fourth-order valence-electron chi connectivity index (χ4n) is 2.12. The quantitative estimate of drug-likeness (QED) is 0.727. The molecule has 0 saturated heterocycles. The SMILES string of the molecule is COc1cc2c(cc1CC(O)CO)NC(=O)CC2. The van der Waals surface area contributed by atoms with Crippen LogP contribution in [0.15, 0.2) is 12.1 Å². The van der Waals surface area contributed by atoms with Crippen LogP contribution in [0.25, 0.3) is 0 Å². The molecule has 0 bridgehead atoms. The van der Waals surface area contributed by atoms with Crippen molar-refractivity contribution < 1.29 is 19.7 Å². The molecule has 0 radical (unpaired) electrons. The average molecular weight is 251 g/mol. The third-order valence-electron chi connectivity index (χ3n) is 3.07. The summed E-state index contributed by atoms with van der Waals surface area (Å²) in [6.45, 7) is -0.299. The molecule has 18 heavy (non-hydrogen) atoms. The van der Waals surface area contributed by atoms with Crippen LogP contribution in [0.4, 0.5) is 5.69 Å². The molecule has 2 rings (SSSR count). The van der Waals surface area contributed by atoms with Crippen LogP contribution in [0.3, 0.4) is 0 Å². The third-order valence-corrected chi connectivity index (χ3v) is 3.07. The zero-order valence-electron chi connectivity index (χ0n) is 10.3. The van der Waals surface area contributed by atoms with E-state index in [1.165, 1.54) is 0 Å². The highest BCUT2D eigenvalue weighted by atomic mass is 16.5. The highest BCUT2D eigenvalue weighted by Gasteiger charge is 2.18. The van der Waals surface area contributed by atoms with Crippen molar-refractivity contribution in [1.82, 2.24) is 0 Å². The fraction of sp³-hybridized carbons (Fsp3) is 0.462. The Kier molecular flexibility index (Phi) is 3.84. The van der Waals surface area contributed by atoms with Crippen molar-refractivity contribution in [2.75, 3.05) is 19.0 Å². The highest BCUT2D eigenvalue weighted by Crippen LogP contribution is 2.31. The summed E-state index contributed by atoms with van der Waals surface area (Å²) in [4.78, 5) is 11.3. The maximum atomic E-state index is 11.3. The molecule has 1 unspecified atom stereocenters. The zero-order chi connectivity index (χ0) is 13.1. The molecule has 1 aliphatic rings. The molecule has 1 aromatic rings. The lowest BCUT2D eigenvalue weighted by molar-refractivity contribution is -0.116. The Balaban J connectivity index is 2.33. The van der Waals surface area contributed by atoms with Crippen LogP contribution in [-0.2, 0) is 17.6 Å². The number of amides is 1. The van der Waals surface area contributed by atoms with E-state index in [-0.39, 0.29) is 12.5 Å². The molecule has 5 heteroatoms. The van der Waals surface area contributed by atoms with E-state index in [0.717, 1.165) is 16.8 Å². The van der Waals surface area contributed by atoms with Gasteiger partial charge in [0.2, 0.25) is 5.91 Å². The summed E-state index contributed by atoms with van der Waals surface area (Å²) in [6, 6.07) is 3.69. The predicted octanol–water partition coefficient (Wildman–Crippen LogP) is 0.476. The number of ether oxygens (including phenoxy) is 1. The van der Waals surface area contributed by atoms with E-state index in [1.807, 2.05) is 12.1 Å². The topological polar surface area (TPSA) is 78.8 Å². The lowest BCUT2D eigenvalue weighted by Crippen LogP contribution is -2.20. The first kappa shape index (κ1) is 12.9. The molecule has 1 heterocycles. The summed E-state index contributed by atoms with van der Waals surface area (Å²) in [5.41, 5.74) is 2.58. The number of carbonyl (C=O) groups excluding carboxylic acids is 1. The number of methoxy groups -OCH3 is 1. The van der Waals surface area contributed by atoms with Gasteiger partial charge in [0.05, 0.1) is 19.8 Å². The Morgan fingerprint density at radius 3 is 2.89 bits per heavy atom. The minimum absolute atomic E-state index is 0.00123. The second kappa shape index (κ2) is 5.37. The molecule has 1 atom stereocenters. The number of rotatable bonds is 4. The molecule has 1 aromatic carbocycles. The number of aliphatic hydroxyl groups excluding tert-OH is 2. The molecule has 5 nitrogen and oxygen atoms in total. The summed E-state index contributed by atoms with van der Waals surface area (Å²) in [6.07, 6.45) is 0.647. The first-order valence-electron chi connectivity index (χ1n) is 5.92. The number of aliphatic hydroxyl groups is 2. The van der Waals surface area contributed by atoms with Gasteiger partial charge in [0.1, 0.15) is 5.75 Å². The van der Waals surface area contributed by atoms with Crippen molar-refractivity contribution in [3.63, 3.8) is 0 Å². The monoisotopic (exact) mass is 251 g/mol. The average Bonchev–Trinajstić information content (AvgIpc) is 2.37. The van der Waals surface area contributed by atoms with Crippen molar-refractivity contribution in [2.24, 2.45) is 0 Å². The summed E-state index contributed by atoms with van der Waals surface area (Å²) in [7, 11) is 1.57. The first-order valence-corrected chi connectivity index (χ1v) is 5.92. The van der Waals surface area contributed by atoms with Gasteiger partial charge in [-0.15, -0.1) is 0 Å². The largest absolute Gasteiger partial charge is 0.496 e. The molecule has 0 fully saturated rings. The zero-order valence-corrected chi connectivity index (χ0v) is 10.3. The van der Waals surface area contributed by atoms with Crippen molar-refractivity contribution in [3.05, 3.63) is 23.3 Å². The molecule has 0 saturated carbocycles. The number of nitrogens with one attached hydrogen (secondary N) is 1. The fourth-order valence-corrected chi connectivity index (χ4v) is 2.12. The van der Waals surface area contributed by atoms with Gasteiger partial charge in [-0.25, -0.2) is 0 Å². The van der Waals surface area contributed by atoms with E-state index < -0.39 is 6.10 Å². The number of benzene rings is 1. The van der Waals surface area contributed by atoms with Crippen LogP contribution in [0, 0.1) is 0 Å².